The minimum absolute atomic E-state index is 0.0230. The molecule has 0 radical (unpaired) electrons. The number of nitrogens with zero attached hydrogens (tertiary/aromatic N) is 4. The van der Waals surface area contributed by atoms with E-state index in [1.165, 1.54) is 13.2 Å². The Morgan fingerprint density at radius 3 is 2.39 bits per heavy atom. The van der Waals surface area contributed by atoms with Crippen molar-refractivity contribution in [1.29, 1.82) is 0 Å². The number of pyridine rings is 1. The summed E-state index contributed by atoms with van der Waals surface area (Å²) in [4.78, 5) is 18.4. The molecule has 1 fully saturated rings. The maximum absolute atomic E-state index is 12.0. The number of methoxy groups -OCH3 is 1. The molecular formula is C29H29N5O3S. The molecule has 0 bridgehead atoms. The van der Waals surface area contributed by atoms with Crippen molar-refractivity contribution < 1.29 is 9.66 Å². The third-order valence-corrected chi connectivity index (χ3v) is 7.31. The third-order valence-electron chi connectivity index (χ3n) is 6.99. The number of benzene rings is 2. The number of hydrogen-bond acceptors (Lipinski definition) is 5. The Bertz CT molecular complexity index is 1530. The van der Waals surface area contributed by atoms with Gasteiger partial charge in [0, 0.05) is 23.3 Å². The molecule has 194 valence electrons. The maximum atomic E-state index is 12.0. The van der Waals surface area contributed by atoms with Gasteiger partial charge in [0.05, 0.1) is 35.9 Å². The van der Waals surface area contributed by atoms with Crippen LogP contribution in [0.2, 0.25) is 0 Å². The van der Waals surface area contributed by atoms with Gasteiger partial charge in [0.2, 0.25) is 0 Å². The molecule has 1 saturated heterocycles. The van der Waals surface area contributed by atoms with Crippen LogP contribution in [-0.2, 0) is 0 Å². The largest absolute Gasteiger partial charge is 0.496 e. The predicted octanol–water partition coefficient (Wildman–Crippen LogP) is 6.20. The van der Waals surface area contributed by atoms with E-state index in [2.05, 4.69) is 53.3 Å². The summed E-state index contributed by atoms with van der Waals surface area (Å²) in [6, 6.07) is 18.8. The molecule has 0 saturated carbocycles. The van der Waals surface area contributed by atoms with Gasteiger partial charge < -0.3 is 19.5 Å². The van der Waals surface area contributed by atoms with Crippen molar-refractivity contribution in [3.63, 3.8) is 0 Å². The molecule has 5 rings (SSSR count). The highest BCUT2D eigenvalue weighted by molar-refractivity contribution is 7.80. The van der Waals surface area contributed by atoms with Gasteiger partial charge in [-0.15, -0.1) is 0 Å². The Hall–Kier alpha value is -4.24. The Morgan fingerprint density at radius 1 is 1.03 bits per heavy atom. The molecule has 1 N–H and O–H groups in total. The highest BCUT2D eigenvalue weighted by Gasteiger charge is 2.42. The quantitative estimate of drug-likeness (QED) is 0.182. The molecule has 0 spiro atoms. The van der Waals surface area contributed by atoms with E-state index in [9.17, 15) is 10.1 Å². The standard InChI is InChI=1S/C29H29N5O3S/c1-17-12-18(2)14-21(13-17)33-28(27(31-29(33)38)24-8-6-7-11-30-24)23-15-19(3)32(20(23)4)25-10-9-22(37-5)16-26(25)34(35)36/h6-16,27-28H,1-5H3,(H,31,38)/t27-,28+/m1/s1. The van der Waals surface area contributed by atoms with Crippen LogP contribution < -0.4 is 15.0 Å². The summed E-state index contributed by atoms with van der Waals surface area (Å²) >= 11 is 5.90. The third kappa shape index (κ3) is 4.39. The SMILES string of the molecule is COc1ccc(-n2c(C)cc([C@H]3[C@@H](c4ccccn4)NC(=S)N3c3cc(C)cc(C)c3)c2C)c([N+](=O)[O-])c1. The van der Waals surface area contributed by atoms with Gasteiger partial charge in [-0.3, -0.25) is 15.1 Å². The van der Waals surface area contributed by atoms with Gasteiger partial charge in [-0.25, -0.2) is 0 Å². The topological polar surface area (TPSA) is 85.5 Å². The minimum Gasteiger partial charge on any atom is -0.496 e. The lowest BCUT2D eigenvalue weighted by Gasteiger charge is -2.28. The van der Waals surface area contributed by atoms with Crippen molar-refractivity contribution in [2.24, 2.45) is 0 Å². The number of aromatic nitrogens is 2. The zero-order valence-corrected chi connectivity index (χ0v) is 22.7. The first-order valence-corrected chi connectivity index (χ1v) is 12.7. The summed E-state index contributed by atoms with van der Waals surface area (Å²) in [7, 11) is 1.50. The predicted molar refractivity (Wildman–Crippen MR) is 152 cm³/mol. The van der Waals surface area contributed by atoms with Crippen molar-refractivity contribution in [1.82, 2.24) is 14.9 Å². The van der Waals surface area contributed by atoms with Crippen LogP contribution >= 0.6 is 12.2 Å². The number of aryl methyl sites for hydroxylation is 3. The lowest BCUT2D eigenvalue weighted by Crippen LogP contribution is -2.29. The number of thiocarbonyl (C=S) groups is 1. The number of nitro groups is 1. The first-order chi connectivity index (χ1) is 18.2. The maximum Gasteiger partial charge on any atom is 0.296 e. The summed E-state index contributed by atoms with van der Waals surface area (Å²) in [6.07, 6.45) is 1.78. The van der Waals surface area contributed by atoms with Crippen molar-refractivity contribution >= 4 is 28.7 Å². The van der Waals surface area contributed by atoms with Gasteiger partial charge in [-0.1, -0.05) is 12.1 Å². The average molecular weight is 528 g/mol. The van der Waals surface area contributed by atoms with Crippen LogP contribution in [0.5, 0.6) is 5.75 Å². The summed E-state index contributed by atoms with van der Waals surface area (Å²) in [5, 5.41) is 16.1. The molecule has 8 nitrogen and oxygen atoms in total. The zero-order chi connectivity index (χ0) is 27.1. The smallest absolute Gasteiger partial charge is 0.296 e. The number of nitrogens with one attached hydrogen (secondary N) is 1. The molecule has 1 aliphatic rings. The van der Waals surface area contributed by atoms with Crippen molar-refractivity contribution in [3.05, 3.63) is 111 Å². The lowest BCUT2D eigenvalue weighted by molar-refractivity contribution is -0.384. The molecule has 0 amide bonds. The summed E-state index contributed by atoms with van der Waals surface area (Å²) in [5.41, 5.74) is 7.38. The molecule has 4 aromatic rings. The molecule has 3 heterocycles. The Morgan fingerprint density at radius 2 is 1.76 bits per heavy atom. The molecule has 2 atom stereocenters. The normalized spacial score (nSPS) is 17.0. The molecule has 2 aromatic heterocycles. The van der Waals surface area contributed by atoms with E-state index >= 15 is 0 Å². The zero-order valence-electron chi connectivity index (χ0n) is 21.9. The van der Waals surface area contributed by atoms with Gasteiger partial charge in [0.1, 0.15) is 11.4 Å². The highest BCUT2D eigenvalue weighted by Crippen LogP contribution is 2.44. The van der Waals surface area contributed by atoms with Gasteiger partial charge in [0.15, 0.2) is 5.11 Å². The first kappa shape index (κ1) is 25.4. The Balaban J connectivity index is 1.72. The van der Waals surface area contributed by atoms with Crippen LogP contribution in [0.15, 0.2) is 66.9 Å². The number of rotatable bonds is 6. The fraction of sp³-hybridized carbons (Fsp3) is 0.241. The highest BCUT2D eigenvalue weighted by atomic mass is 32.1. The minimum atomic E-state index is -0.374. The monoisotopic (exact) mass is 527 g/mol. The number of anilines is 1. The van der Waals surface area contributed by atoms with Crippen molar-refractivity contribution in [2.75, 3.05) is 12.0 Å². The second kappa shape index (κ2) is 9.90. The van der Waals surface area contributed by atoms with E-state index in [1.807, 2.05) is 36.6 Å². The van der Waals surface area contributed by atoms with Crippen molar-refractivity contribution in [3.8, 4) is 11.4 Å². The van der Waals surface area contributed by atoms with Crippen LogP contribution in [0, 0.1) is 37.8 Å². The molecule has 0 aliphatic carbocycles. The van der Waals surface area contributed by atoms with Gasteiger partial charge in [-0.2, -0.15) is 0 Å². The first-order valence-electron chi connectivity index (χ1n) is 12.3. The number of nitro benzene ring substituents is 1. The molecule has 9 heteroatoms. The summed E-state index contributed by atoms with van der Waals surface area (Å²) in [5.74, 6) is 0.435. The number of hydrogen-bond donors (Lipinski definition) is 1. The summed E-state index contributed by atoms with van der Waals surface area (Å²) in [6.45, 7) is 8.10. The lowest BCUT2D eigenvalue weighted by atomic mass is 9.96. The summed E-state index contributed by atoms with van der Waals surface area (Å²) < 4.78 is 7.18. The van der Waals surface area contributed by atoms with Crippen LogP contribution in [0.25, 0.3) is 5.69 Å². The molecule has 0 unspecified atom stereocenters. The van der Waals surface area contributed by atoms with Crippen LogP contribution in [0.3, 0.4) is 0 Å². The Kier molecular flexibility index (Phi) is 6.62. The average Bonchev–Trinajstić information content (AvgIpc) is 3.38. The van der Waals surface area contributed by atoms with Crippen molar-refractivity contribution in [2.45, 2.75) is 39.8 Å². The van der Waals surface area contributed by atoms with E-state index in [1.54, 1.807) is 18.3 Å². The van der Waals surface area contributed by atoms with Crippen LogP contribution in [0.4, 0.5) is 11.4 Å². The second-order valence-corrected chi connectivity index (χ2v) is 10.0. The molecule has 38 heavy (non-hydrogen) atoms. The van der Waals surface area contributed by atoms with Crippen LogP contribution in [0.1, 0.15) is 45.9 Å². The Labute approximate surface area is 227 Å². The van der Waals surface area contributed by atoms with E-state index < -0.39 is 0 Å². The van der Waals surface area contributed by atoms with Gasteiger partial charge in [-0.05, 0) is 99.1 Å². The van der Waals surface area contributed by atoms with E-state index in [-0.39, 0.29) is 22.7 Å². The molecular weight excluding hydrogens is 498 g/mol. The van der Waals surface area contributed by atoms with Gasteiger partial charge in [0.25, 0.3) is 5.69 Å². The fourth-order valence-corrected chi connectivity index (χ4v) is 5.81. The number of ether oxygens (including phenoxy) is 1. The molecule has 2 aromatic carbocycles. The van der Waals surface area contributed by atoms with Gasteiger partial charge >= 0.3 is 0 Å². The van der Waals surface area contributed by atoms with E-state index in [0.29, 0.717) is 16.5 Å². The fourth-order valence-electron chi connectivity index (χ4n) is 5.46. The van der Waals surface area contributed by atoms with E-state index in [0.717, 1.165) is 39.5 Å². The molecule has 1 aliphatic heterocycles. The van der Waals surface area contributed by atoms with Crippen LogP contribution in [-0.4, -0.2) is 26.7 Å². The van der Waals surface area contributed by atoms with E-state index in [4.69, 9.17) is 17.0 Å². The second-order valence-electron chi connectivity index (χ2n) is 9.62.